The molecule has 0 fully saturated rings. The Kier molecular flexibility index (Phi) is 7.75. The lowest BCUT2D eigenvalue weighted by Gasteiger charge is -2.24. The lowest BCUT2D eigenvalue weighted by Crippen LogP contribution is -2.39. The van der Waals surface area contributed by atoms with Crippen LogP contribution in [0.2, 0.25) is 0 Å². The molecule has 0 spiro atoms. The summed E-state index contributed by atoms with van der Waals surface area (Å²) in [5.41, 5.74) is 3.04. The molecular formula is C23H28ClN3O3S. The van der Waals surface area contributed by atoms with Crippen molar-refractivity contribution in [2.24, 2.45) is 0 Å². The van der Waals surface area contributed by atoms with Gasteiger partial charge in [0.1, 0.15) is 0 Å². The molecule has 1 amide bonds. The lowest BCUT2D eigenvalue weighted by molar-refractivity contribution is -0.118. The summed E-state index contributed by atoms with van der Waals surface area (Å²) in [6.45, 7) is 9.93. The molecule has 0 unspecified atom stereocenters. The smallest absolute Gasteiger partial charge is 0.233 e. The fourth-order valence-electron chi connectivity index (χ4n) is 3.56. The highest BCUT2D eigenvalue weighted by molar-refractivity contribution is 7.22. The summed E-state index contributed by atoms with van der Waals surface area (Å²) in [4.78, 5) is 22.3. The number of thiazole rings is 1. The highest BCUT2D eigenvalue weighted by Gasteiger charge is 2.22. The molecule has 0 bridgehead atoms. The fourth-order valence-corrected chi connectivity index (χ4v) is 4.67. The zero-order valence-corrected chi connectivity index (χ0v) is 19.7. The molecule has 1 aromatic heterocycles. The van der Waals surface area contributed by atoms with Crippen LogP contribution in [-0.2, 0) is 11.2 Å². The Morgan fingerprint density at radius 2 is 1.84 bits per heavy atom. The molecule has 0 aliphatic carbocycles. The molecule has 31 heavy (non-hydrogen) atoms. The van der Waals surface area contributed by atoms with Crippen molar-refractivity contribution >= 4 is 45.0 Å². The third-order valence-electron chi connectivity index (χ3n) is 5.39. The van der Waals surface area contributed by atoms with E-state index in [1.54, 1.807) is 11.3 Å². The monoisotopic (exact) mass is 461 g/mol. The zero-order valence-electron chi connectivity index (χ0n) is 18.1. The summed E-state index contributed by atoms with van der Waals surface area (Å²) in [5.74, 6) is 1.47. The number of hydrogen-bond acceptors (Lipinski definition) is 6. The van der Waals surface area contributed by atoms with Gasteiger partial charge in [-0.3, -0.25) is 9.69 Å². The fraction of sp³-hybridized carbons (Fsp3) is 0.391. The second-order valence-electron chi connectivity index (χ2n) is 7.40. The Bertz CT molecular complexity index is 1050. The number of benzene rings is 2. The minimum atomic E-state index is 0. The second kappa shape index (κ2) is 10.3. The maximum atomic E-state index is 13.3. The molecule has 166 valence electrons. The van der Waals surface area contributed by atoms with Gasteiger partial charge in [-0.05, 0) is 55.4 Å². The number of carbonyl (C=O) groups excluding carboxylic acids is 1. The molecule has 2 heterocycles. The van der Waals surface area contributed by atoms with Crippen molar-refractivity contribution in [1.29, 1.82) is 0 Å². The maximum absolute atomic E-state index is 13.3. The molecule has 4 rings (SSSR count). The summed E-state index contributed by atoms with van der Waals surface area (Å²) in [6, 6.07) is 11.9. The van der Waals surface area contributed by atoms with Gasteiger partial charge >= 0.3 is 0 Å². The third-order valence-corrected chi connectivity index (χ3v) is 6.43. The molecule has 0 radical (unpaired) electrons. The maximum Gasteiger partial charge on any atom is 0.233 e. The van der Waals surface area contributed by atoms with E-state index in [0.29, 0.717) is 18.7 Å². The van der Waals surface area contributed by atoms with Gasteiger partial charge in [-0.1, -0.05) is 37.3 Å². The van der Waals surface area contributed by atoms with E-state index in [-0.39, 0.29) is 25.1 Å². The number of halogens is 1. The molecule has 2 aromatic carbocycles. The van der Waals surface area contributed by atoms with Crippen LogP contribution in [0, 0.1) is 6.92 Å². The molecule has 1 aliphatic heterocycles. The Morgan fingerprint density at radius 3 is 2.61 bits per heavy atom. The van der Waals surface area contributed by atoms with Crippen molar-refractivity contribution in [2.75, 3.05) is 37.9 Å². The van der Waals surface area contributed by atoms with Gasteiger partial charge in [0.05, 0.1) is 16.6 Å². The van der Waals surface area contributed by atoms with Crippen LogP contribution in [0.1, 0.15) is 25.0 Å². The first kappa shape index (κ1) is 23.3. The number of amides is 1. The van der Waals surface area contributed by atoms with E-state index in [1.807, 2.05) is 29.2 Å². The number of hydrogen-bond donors (Lipinski definition) is 0. The van der Waals surface area contributed by atoms with Crippen molar-refractivity contribution in [3.05, 3.63) is 47.5 Å². The summed E-state index contributed by atoms with van der Waals surface area (Å²) in [6.07, 6.45) is 0.295. The van der Waals surface area contributed by atoms with E-state index >= 15 is 0 Å². The number of carbonyl (C=O) groups is 1. The summed E-state index contributed by atoms with van der Waals surface area (Å²) in [7, 11) is 0. The Morgan fingerprint density at radius 1 is 1.06 bits per heavy atom. The van der Waals surface area contributed by atoms with E-state index in [4.69, 9.17) is 14.5 Å². The Balaban J connectivity index is 0.00000272. The van der Waals surface area contributed by atoms with Crippen LogP contribution in [0.4, 0.5) is 5.13 Å². The van der Waals surface area contributed by atoms with E-state index in [1.165, 1.54) is 5.56 Å². The molecule has 8 heteroatoms. The molecule has 6 nitrogen and oxygen atoms in total. The quantitative estimate of drug-likeness (QED) is 0.487. The molecule has 0 saturated heterocycles. The second-order valence-corrected chi connectivity index (χ2v) is 8.41. The van der Waals surface area contributed by atoms with Crippen LogP contribution in [0.25, 0.3) is 10.2 Å². The number of anilines is 1. The van der Waals surface area contributed by atoms with Gasteiger partial charge in [-0.2, -0.15) is 0 Å². The normalized spacial score (nSPS) is 12.3. The number of ether oxygens (including phenoxy) is 2. The highest BCUT2D eigenvalue weighted by atomic mass is 35.5. The van der Waals surface area contributed by atoms with Gasteiger partial charge in [0, 0.05) is 13.1 Å². The van der Waals surface area contributed by atoms with Crippen molar-refractivity contribution in [3.8, 4) is 11.5 Å². The largest absolute Gasteiger partial charge is 0.454 e. The lowest BCUT2D eigenvalue weighted by atomic mass is 10.1. The number of nitrogens with zero attached hydrogens (tertiary/aromatic N) is 3. The third kappa shape index (κ3) is 5.29. The predicted molar refractivity (Wildman–Crippen MR) is 128 cm³/mol. The molecule has 1 aliphatic rings. The Labute approximate surface area is 193 Å². The van der Waals surface area contributed by atoms with E-state index < -0.39 is 0 Å². The molecule has 0 atom stereocenters. The molecular weight excluding hydrogens is 434 g/mol. The van der Waals surface area contributed by atoms with E-state index in [2.05, 4.69) is 37.8 Å². The van der Waals surface area contributed by atoms with Crippen molar-refractivity contribution in [3.63, 3.8) is 0 Å². The minimum absolute atomic E-state index is 0. The zero-order chi connectivity index (χ0) is 21.1. The van der Waals surface area contributed by atoms with Crippen LogP contribution in [0.15, 0.2) is 36.4 Å². The van der Waals surface area contributed by atoms with Gasteiger partial charge in [-0.25, -0.2) is 4.98 Å². The number of aryl methyl sites for hydroxylation is 1. The van der Waals surface area contributed by atoms with Gasteiger partial charge < -0.3 is 14.4 Å². The summed E-state index contributed by atoms with van der Waals surface area (Å²) >= 11 is 1.58. The predicted octanol–water partition coefficient (Wildman–Crippen LogP) is 4.67. The van der Waals surface area contributed by atoms with E-state index in [0.717, 1.165) is 46.3 Å². The first-order valence-electron chi connectivity index (χ1n) is 10.4. The minimum Gasteiger partial charge on any atom is -0.454 e. The van der Waals surface area contributed by atoms with Crippen molar-refractivity contribution in [1.82, 2.24) is 9.88 Å². The van der Waals surface area contributed by atoms with Gasteiger partial charge in [0.25, 0.3) is 0 Å². The van der Waals surface area contributed by atoms with Crippen LogP contribution >= 0.6 is 23.7 Å². The highest BCUT2D eigenvalue weighted by Crippen LogP contribution is 2.33. The van der Waals surface area contributed by atoms with Crippen LogP contribution in [-0.4, -0.2) is 48.8 Å². The SMILES string of the molecule is CCN(CC)CCN(C(=O)Cc1ccc2c(c1)OCO2)c1nc2ccc(C)cc2s1.Cl. The van der Waals surface area contributed by atoms with Crippen molar-refractivity contribution in [2.45, 2.75) is 27.2 Å². The summed E-state index contributed by atoms with van der Waals surface area (Å²) in [5, 5.41) is 0.758. The van der Waals surface area contributed by atoms with Gasteiger partial charge in [-0.15, -0.1) is 12.4 Å². The average molecular weight is 462 g/mol. The molecule has 3 aromatic rings. The number of fused-ring (bicyclic) bond motifs is 2. The molecule has 0 saturated carbocycles. The average Bonchev–Trinajstić information content (AvgIpc) is 3.37. The van der Waals surface area contributed by atoms with E-state index in [9.17, 15) is 4.79 Å². The van der Waals surface area contributed by atoms with Gasteiger partial charge in [0.15, 0.2) is 16.6 Å². The topological polar surface area (TPSA) is 54.9 Å². The Hall–Kier alpha value is -2.35. The number of aromatic nitrogens is 1. The first-order valence-corrected chi connectivity index (χ1v) is 11.2. The van der Waals surface area contributed by atoms with Gasteiger partial charge in [0.2, 0.25) is 12.7 Å². The van der Waals surface area contributed by atoms with Crippen LogP contribution in [0.5, 0.6) is 11.5 Å². The van der Waals surface area contributed by atoms with Crippen molar-refractivity contribution < 1.29 is 14.3 Å². The first-order chi connectivity index (χ1) is 14.6. The number of likely N-dealkylation sites (N-methyl/N-ethyl adjacent to an activating group) is 1. The van der Waals surface area contributed by atoms with Crippen LogP contribution < -0.4 is 14.4 Å². The standard InChI is InChI=1S/C23H27N3O3S.ClH/c1-4-25(5-2)10-11-26(23-24-18-8-6-16(3)12-21(18)30-23)22(27)14-17-7-9-19-20(13-17)29-15-28-19;/h6-9,12-13H,4-5,10-11,14-15H2,1-3H3;1H. The number of rotatable bonds is 8. The van der Waals surface area contributed by atoms with Crippen LogP contribution in [0.3, 0.4) is 0 Å². The summed E-state index contributed by atoms with van der Waals surface area (Å²) < 4.78 is 11.9. The molecule has 0 N–H and O–H groups in total.